The Bertz CT molecular complexity index is 606. The zero-order valence-electron chi connectivity index (χ0n) is 14.7. The minimum atomic E-state index is -0.799. The number of alkyl carbamates (subject to hydrolysis) is 1. The molecule has 1 aromatic carbocycles. The van der Waals surface area contributed by atoms with Crippen LogP contribution in [0.3, 0.4) is 0 Å². The lowest BCUT2D eigenvalue weighted by atomic mass is 9.97. The van der Waals surface area contributed by atoms with E-state index in [1.807, 2.05) is 12.1 Å². The largest absolute Gasteiger partial charge is 0.467 e. The van der Waals surface area contributed by atoms with Crippen LogP contribution in [-0.4, -0.2) is 37.4 Å². The molecular formula is C18H25NO5. The zero-order chi connectivity index (χ0) is 17.7. The first kappa shape index (κ1) is 18.3. The van der Waals surface area contributed by atoms with Crippen LogP contribution in [0, 0.1) is 0 Å². The third kappa shape index (κ3) is 5.23. The first-order valence-electron chi connectivity index (χ1n) is 8.04. The van der Waals surface area contributed by atoms with Gasteiger partial charge < -0.3 is 19.5 Å². The monoisotopic (exact) mass is 335 g/mol. The van der Waals surface area contributed by atoms with Crippen LogP contribution in [0.1, 0.15) is 37.5 Å². The smallest absolute Gasteiger partial charge is 0.408 e. The number of amides is 1. The summed E-state index contributed by atoms with van der Waals surface area (Å²) in [5, 5.41) is 2.59. The van der Waals surface area contributed by atoms with E-state index in [9.17, 15) is 9.59 Å². The molecule has 0 bridgehead atoms. The van der Waals surface area contributed by atoms with Gasteiger partial charge in [0.2, 0.25) is 0 Å². The van der Waals surface area contributed by atoms with Gasteiger partial charge in [0.05, 0.1) is 20.3 Å². The van der Waals surface area contributed by atoms with Crippen LogP contribution in [0.15, 0.2) is 18.2 Å². The van der Waals surface area contributed by atoms with E-state index in [-0.39, 0.29) is 0 Å². The molecule has 0 aliphatic carbocycles. The number of ether oxygens (including phenoxy) is 3. The summed E-state index contributed by atoms with van der Waals surface area (Å²) in [6.45, 7) is 6.61. The van der Waals surface area contributed by atoms with Gasteiger partial charge in [0.25, 0.3) is 0 Å². The van der Waals surface area contributed by atoms with Crippen LogP contribution in [-0.2, 0) is 38.5 Å². The van der Waals surface area contributed by atoms with Gasteiger partial charge >= 0.3 is 12.1 Å². The molecule has 1 heterocycles. The number of carbonyl (C=O) groups excluding carboxylic acids is 2. The van der Waals surface area contributed by atoms with Crippen LogP contribution in [0.5, 0.6) is 0 Å². The highest BCUT2D eigenvalue weighted by Gasteiger charge is 2.25. The Labute approximate surface area is 142 Å². The fourth-order valence-corrected chi connectivity index (χ4v) is 2.57. The van der Waals surface area contributed by atoms with Crippen molar-refractivity contribution in [2.45, 2.75) is 51.9 Å². The lowest BCUT2D eigenvalue weighted by Crippen LogP contribution is -2.45. The van der Waals surface area contributed by atoms with Gasteiger partial charge in [-0.25, -0.2) is 9.59 Å². The number of rotatable bonds is 4. The van der Waals surface area contributed by atoms with Crippen LogP contribution < -0.4 is 5.32 Å². The van der Waals surface area contributed by atoms with Crippen molar-refractivity contribution in [3.05, 3.63) is 34.9 Å². The van der Waals surface area contributed by atoms with Gasteiger partial charge in [-0.05, 0) is 43.9 Å². The number of benzene rings is 1. The van der Waals surface area contributed by atoms with Crippen molar-refractivity contribution in [2.24, 2.45) is 0 Å². The molecule has 1 amide bonds. The molecule has 1 aliphatic rings. The summed E-state index contributed by atoms with van der Waals surface area (Å²) in [7, 11) is 1.30. The highest BCUT2D eigenvalue weighted by molar-refractivity contribution is 5.81. The van der Waals surface area contributed by atoms with E-state index in [0.717, 1.165) is 24.2 Å². The minimum absolute atomic E-state index is 0.333. The van der Waals surface area contributed by atoms with E-state index in [4.69, 9.17) is 14.2 Å². The Morgan fingerprint density at radius 3 is 2.71 bits per heavy atom. The first-order valence-corrected chi connectivity index (χ1v) is 8.04. The number of methoxy groups -OCH3 is 1. The number of nitrogens with one attached hydrogen (secondary N) is 1. The van der Waals surface area contributed by atoms with E-state index >= 15 is 0 Å². The van der Waals surface area contributed by atoms with Gasteiger partial charge in [0.1, 0.15) is 11.6 Å². The van der Waals surface area contributed by atoms with Gasteiger partial charge in [0, 0.05) is 6.42 Å². The number of hydrogen-bond donors (Lipinski definition) is 1. The quantitative estimate of drug-likeness (QED) is 0.855. The first-order chi connectivity index (χ1) is 11.3. The second-order valence-electron chi connectivity index (χ2n) is 6.83. The second-order valence-corrected chi connectivity index (χ2v) is 6.83. The van der Waals surface area contributed by atoms with Crippen molar-refractivity contribution < 1.29 is 23.8 Å². The van der Waals surface area contributed by atoms with Gasteiger partial charge in [0.15, 0.2) is 0 Å². The van der Waals surface area contributed by atoms with Crippen molar-refractivity contribution in [1.82, 2.24) is 5.32 Å². The van der Waals surface area contributed by atoms with Crippen LogP contribution >= 0.6 is 0 Å². The summed E-state index contributed by atoms with van der Waals surface area (Å²) >= 11 is 0. The number of carbonyl (C=O) groups is 2. The Kier molecular flexibility index (Phi) is 5.83. The standard InChI is InChI=1S/C18H25NO5/c1-18(2,3)24-17(21)19-15(16(20)22-4)10-12-5-6-13-7-8-23-11-14(13)9-12/h5-6,9,15H,7-8,10-11H2,1-4H3,(H,19,21)/t15-/m0/s1. The van der Waals surface area contributed by atoms with Crippen LogP contribution in [0.25, 0.3) is 0 Å². The van der Waals surface area contributed by atoms with Crippen LogP contribution in [0.2, 0.25) is 0 Å². The van der Waals surface area contributed by atoms with E-state index in [1.54, 1.807) is 20.8 Å². The average Bonchev–Trinajstić information content (AvgIpc) is 2.51. The fraction of sp³-hybridized carbons (Fsp3) is 0.556. The SMILES string of the molecule is COC(=O)[C@H](Cc1ccc2c(c1)COCC2)NC(=O)OC(C)(C)C. The summed E-state index contributed by atoms with van der Waals surface area (Å²) in [4.78, 5) is 23.9. The maximum atomic E-state index is 12.0. The average molecular weight is 335 g/mol. The Balaban J connectivity index is 2.08. The summed E-state index contributed by atoms with van der Waals surface area (Å²) < 4.78 is 15.5. The normalized spacial score (nSPS) is 15.2. The highest BCUT2D eigenvalue weighted by Crippen LogP contribution is 2.19. The van der Waals surface area contributed by atoms with E-state index in [1.165, 1.54) is 12.7 Å². The van der Waals surface area contributed by atoms with Crippen molar-refractivity contribution in [3.8, 4) is 0 Å². The van der Waals surface area contributed by atoms with Gasteiger partial charge in [-0.2, -0.15) is 0 Å². The maximum absolute atomic E-state index is 12.0. The lowest BCUT2D eigenvalue weighted by molar-refractivity contribution is -0.143. The molecule has 2 rings (SSSR count). The molecule has 6 heteroatoms. The molecule has 1 aromatic rings. The van der Waals surface area contributed by atoms with E-state index < -0.39 is 23.7 Å². The highest BCUT2D eigenvalue weighted by atomic mass is 16.6. The molecule has 0 aromatic heterocycles. The maximum Gasteiger partial charge on any atom is 0.408 e. The van der Waals surface area contributed by atoms with Crippen molar-refractivity contribution >= 4 is 12.1 Å². The summed E-state index contributed by atoms with van der Waals surface area (Å²) in [5.74, 6) is -0.505. The topological polar surface area (TPSA) is 73.9 Å². The molecule has 0 unspecified atom stereocenters. The Hall–Kier alpha value is -2.08. The van der Waals surface area contributed by atoms with E-state index in [0.29, 0.717) is 13.0 Å². The molecule has 1 aliphatic heterocycles. The molecule has 0 fully saturated rings. The molecule has 1 N–H and O–H groups in total. The van der Waals surface area contributed by atoms with Gasteiger partial charge in [-0.15, -0.1) is 0 Å². The second kappa shape index (κ2) is 7.66. The summed E-state index contributed by atoms with van der Waals surface area (Å²) in [5.41, 5.74) is 2.69. The summed E-state index contributed by atoms with van der Waals surface area (Å²) in [6, 6.07) is 5.24. The predicted octanol–water partition coefficient (Wildman–Crippen LogP) is 2.37. The Morgan fingerprint density at radius 1 is 1.29 bits per heavy atom. The number of esters is 1. The fourth-order valence-electron chi connectivity index (χ4n) is 2.57. The van der Waals surface area contributed by atoms with Crippen molar-refractivity contribution in [3.63, 3.8) is 0 Å². The third-order valence-corrected chi connectivity index (χ3v) is 3.66. The van der Waals surface area contributed by atoms with Gasteiger partial charge in [-0.3, -0.25) is 0 Å². The lowest BCUT2D eigenvalue weighted by Gasteiger charge is -2.23. The molecule has 1 atom stereocenters. The Morgan fingerprint density at radius 2 is 2.04 bits per heavy atom. The molecule has 24 heavy (non-hydrogen) atoms. The molecule has 6 nitrogen and oxygen atoms in total. The minimum Gasteiger partial charge on any atom is -0.467 e. The molecular weight excluding hydrogens is 310 g/mol. The molecule has 0 saturated carbocycles. The molecule has 0 radical (unpaired) electrons. The van der Waals surface area contributed by atoms with E-state index in [2.05, 4.69) is 11.4 Å². The predicted molar refractivity (Wildman–Crippen MR) is 88.7 cm³/mol. The van der Waals surface area contributed by atoms with Crippen LogP contribution in [0.4, 0.5) is 4.79 Å². The van der Waals surface area contributed by atoms with Crippen molar-refractivity contribution in [1.29, 1.82) is 0 Å². The molecule has 132 valence electrons. The number of fused-ring (bicyclic) bond motifs is 1. The van der Waals surface area contributed by atoms with Crippen molar-refractivity contribution in [2.75, 3.05) is 13.7 Å². The van der Waals surface area contributed by atoms with Gasteiger partial charge in [-0.1, -0.05) is 18.2 Å². The number of hydrogen-bond acceptors (Lipinski definition) is 5. The zero-order valence-corrected chi connectivity index (χ0v) is 14.7. The molecule has 0 spiro atoms. The molecule has 0 saturated heterocycles. The summed E-state index contributed by atoms with van der Waals surface area (Å²) in [6.07, 6.45) is 0.588. The third-order valence-electron chi connectivity index (χ3n) is 3.66.